The fraction of sp³-hybridized carbons (Fsp3) is 0.455. The number of hydrogen-bond acceptors (Lipinski definition) is 2. The summed E-state index contributed by atoms with van der Waals surface area (Å²) < 4.78 is 1.19. The number of benzene rings is 1. The van der Waals surface area contributed by atoms with E-state index < -0.39 is 0 Å². The molecule has 2 N–H and O–H groups in total. The standard InChI is InChI=1S/C11H15BrN2/c12-11-4-2-1-3-10(11)8-14-7-9-5-13-6-9/h1-4,9,13-14H,5-8H2. The van der Waals surface area contributed by atoms with Crippen molar-refractivity contribution in [2.45, 2.75) is 6.54 Å². The first-order valence-electron chi connectivity index (χ1n) is 5.01. The smallest absolute Gasteiger partial charge is 0.0220 e. The largest absolute Gasteiger partial charge is 0.316 e. The lowest BCUT2D eigenvalue weighted by molar-refractivity contribution is 0.331. The van der Waals surface area contributed by atoms with Gasteiger partial charge in [-0.15, -0.1) is 0 Å². The summed E-state index contributed by atoms with van der Waals surface area (Å²) in [6.07, 6.45) is 0. The number of nitrogens with one attached hydrogen (secondary N) is 2. The van der Waals surface area contributed by atoms with Gasteiger partial charge in [0.25, 0.3) is 0 Å². The van der Waals surface area contributed by atoms with E-state index in [-0.39, 0.29) is 0 Å². The highest BCUT2D eigenvalue weighted by Gasteiger charge is 2.15. The summed E-state index contributed by atoms with van der Waals surface area (Å²) in [5.41, 5.74) is 1.33. The van der Waals surface area contributed by atoms with Crippen LogP contribution in [-0.2, 0) is 6.54 Å². The van der Waals surface area contributed by atoms with E-state index in [9.17, 15) is 0 Å². The number of hydrogen-bond donors (Lipinski definition) is 2. The normalized spacial score (nSPS) is 16.6. The average molecular weight is 255 g/mol. The van der Waals surface area contributed by atoms with Gasteiger partial charge < -0.3 is 10.6 Å². The minimum atomic E-state index is 0.831. The van der Waals surface area contributed by atoms with Crippen molar-refractivity contribution in [1.82, 2.24) is 10.6 Å². The van der Waals surface area contributed by atoms with E-state index >= 15 is 0 Å². The fourth-order valence-corrected chi connectivity index (χ4v) is 1.97. The number of rotatable bonds is 4. The van der Waals surface area contributed by atoms with Crippen molar-refractivity contribution >= 4 is 15.9 Å². The Bertz CT molecular complexity index is 297. The minimum Gasteiger partial charge on any atom is -0.316 e. The molecular weight excluding hydrogens is 240 g/mol. The molecule has 1 aromatic carbocycles. The lowest BCUT2D eigenvalue weighted by Crippen LogP contribution is -2.47. The highest BCUT2D eigenvalue weighted by Crippen LogP contribution is 2.15. The quantitative estimate of drug-likeness (QED) is 0.856. The molecule has 14 heavy (non-hydrogen) atoms. The van der Waals surface area contributed by atoms with Crippen LogP contribution in [0.25, 0.3) is 0 Å². The van der Waals surface area contributed by atoms with Gasteiger partial charge in [-0.2, -0.15) is 0 Å². The summed E-state index contributed by atoms with van der Waals surface area (Å²) in [4.78, 5) is 0. The average Bonchev–Trinajstić information content (AvgIpc) is 2.12. The molecule has 0 saturated carbocycles. The second kappa shape index (κ2) is 4.91. The van der Waals surface area contributed by atoms with E-state index in [1.54, 1.807) is 0 Å². The van der Waals surface area contributed by atoms with Crippen LogP contribution < -0.4 is 10.6 Å². The lowest BCUT2D eigenvalue weighted by atomic mass is 10.0. The van der Waals surface area contributed by atoms with E-state index in [1.165, 1.54) is 23.1 Å². The van der Waals surface area contributed by atoms with Gasteiger partial charge in [-0.05, 0) is 17.5 Å². The van der Waals surface area contributed by atoms with Crippen LogP contribution in [0.3, 0.4) is 0 Å². The van der Waals surface area contributed by atoms with Gasteiger partial charge in [0, 0.05) is 30.7 Å². The van der Waals surface area contributed by atoms with Crippen molar-refractivity contribution < 1.29 is 0 Å². The molecule has 0 amide bonds. The summed E-state index contributed by atoms with van der Waals surface area (Å²) in [5.74, 6) is 0.831. The Hall–Kier alpha value is -0.380. The van der Waals surface area contributed by atoms with Crippen molar-refractivity contribution in [3.05, 3.63) is 34.3 Å². The Labute approximate surface area is 93.2 Å². The Morgan fingerprint density at radius 2 is 2.14 bits per heavy atom. The SMILES string of the molecule is Brc1ccccc1CNCC1CNC1. The first-order chi connectivity index (χ1) is 6.86. The van der Waals surface area contributed by atoms with Crippen molar-refractivity contribution in [2.24, 2.45) is 5.92 Å². The Kier molecular flexibility index (Phi) is 3.56. The minimum absolute atomic E-state index is 0.831. The first kappa shape index (κ1) is 10.1. The molecular formula is C11H15BrN2. The van der Waals surface area contributed by atoms with Crippen LogP contribution in [0.1, 0.15) is 5.56 Å². The maximum Gasteiger partial charge on any atom is 0.0220 e. The molecule has 3 heteroatoms. The maximum atomic E-state index is 3.54. The molecule has 0 radical (unpaired) electrons. The molecule has 0 spiro atoms. The van der Waals surface area contributed by atoms with Crippen molar-refractivity contribution in [1.29, 1.82) is 0 Å². The van der Waals surface area contributed by atoms with Crippen LogP contribution in [0, 0.1) is 5.92 Å². The Morgan fingerprint density at radius 3 is 2.79 bits per heavy atom. The first-order valence-corrected chi connectivity index (χ1v) is 5.80. The molecule has 1 aliphatic heterocycles. The van der Waals surface area contributed by atoms with E-state index in [2.05, 4.69) is 44.8 Å². The molecule has 2 rings (SSSR count). The topological polar surface area (TPSA) is 24.1 Å². The Balaban J connectivity index is 1.76. The predicted octanol–water partition coefficient (Wildman–Crippen LogP) is 1.76. The van der Waals surface area contributed by atoms with Crippen molar-refractivity contribution in [3.63, 3.8) is 0 Å². The van der Waals surface area contributed by atoms with E-state index in [0.717, 1.165) is 19.0 Å². The molecule has 0 atom stereocenters. The predicted molar refractivity (Wildman–Crippen MR) is 62.2 cm³/mol. The van der Waals surface area contributed by atoms with Gasteiger partial charge >= 0.3 is 0 Å². The molecule has 1 saturated heterocycles. The molecule has 0 bridgehead atoms. The summed E-state index contributed by atoms with van der Waals surface area (Å²) in [7, 11) is 0. The zero-order valence-electron chi connectivity index (χ0n) is 8.09. The monoisotopic (exact) mass is 254 g/mol. The van der Waals surface area contributed by atoms with Crippen LogP contribution in [0.5, 0.6) is 0 Å². The summed E-state index contributed by atoms with van der Waals surface area (Å²) in [6, 6.07) is 8.36. The third-order valence-electron chi connectivity index (χ3n) is 2.57. The Morgan fingerprint density at radius 1 is 1.36 bits per heavy atom. The molecule has 2 nitrogen and oxygen atoms in total. The fourth-order valence-electron chi connectivity index (χ4n) is 1.55. The van der Waals surface area contributed by atoms with Crippen LogP contribution in [0.15, 0.2) is 28.7 Å². The van der Waals surface area contributed by atoms with Gasteiger partial charge in [-0.3, -0.25) is 0 Å². The lowest BCUT2D eigenvalue weighted by Gasteiger charge is -2.27. The third-order valence-corrected chi connectivity index (χ3v) is 3.35. The van der Waals surface area contributed by atoms with Gasteiger partial charge in [0.05, 0.1) is 0 Å². The van der Waals surface area contributed by atoms with E-state index in [4.69, 9.17) is 0 Å². The third kappa shape index (κ3) is 2.56. The molecule has 0 aliphatic carbocycles. The molecule has 1 fully saturated rings. The van der Waals surface area contributed by atoms with Gasteiger partial charge in [0.1, 0.15) is 0 Å². The zero-order valence-corrected chi connectivity index (χ0v) is 9.68. The van der Waals surface area contributed by atoms with Crippen LogP contribution in [-0.4, -0.2) is 19.6 Å². The molecule has 0 aromatic heterocycles. The highest BCUT2D eigenvalue weighted by atomic mass is 79.9. The number of halogens is 1. The van der Waals surface area contributed by atoms with Crippen molar-refractivity contribution in [3.8, 4) is 0 Å². The van der Waals surface area contributed by atoms with Crippen molar-refractivity contribution in [2.75, 3.05) is 19.6 Å². The van der Waals surface area contributed by atoms with Gasteiger partial charge in [-0.1, -0.05) is 34.1 Å². The molecule has 0 unspecified atom stereocenters. The summed E-state index contributed by atoms with van der Waals surface area (Å²) >= 11 is 3.54. The molecule has 1 heterocycles. The van der Waals surface area contributed by atoms with Crippen LogP contribution in [0.2, 0.25) is 0 Å². The zero-order chi connectivity index (χ0) is 9.80. The van der Waals surface area contributed by atoms with Gasteiger partial charge in [0.15, 0.2) is 0 Å². The summed E-state index contributed by atoms with van der Waals surface area (Å²) in [6.45, 7) is 4.41. The van der Waals surface area contributed by atoms with E-state index in [1.807, 2.05) is 6.07 Å². The van der Waals surface area contributed by atoms with Crippen LogP contribution in [0.4, 0.5) is 0 Å². The highest BCUT2D eigenvalue weighted by molar-refractivity contribution is 9.10. The molecule has 76 valence electrons. The second-order valence-corrected chi connectivity index (χ2v) is 4.60. The second-order valence-electron chi connectivity index (χ2n) is 3.75. The summed E-state index contributed by atoms with van der Waals surface area (Å²) in [5, 5.41) is 6.75. The van der Waals surface area contributed by atoms with E-state index in [0.29, 0.717) is 0 Å². The molecule has 1 aliphatic rings. The van der Waals surface area contributed by atoms with Gasteiger partial charge in [-0.25, -0.2) is 0 Å². The maximum absolute atomic E-state index is 3.54. The van der Waals surface area contributed by atoms with Gasteiger partial charge in [0.2, 0.25) is 0 Å². The van der Waals surface area contributed by atoms with Crippen LogP contribution >= 0.6 is 15.9 Å². The molecule has 1 aromatic rings.